The highest BCUT2D eigenvalue weighted by molar-refractivity contribution is 6.18. The van der Waals surface area contributed by atoms with Crippen molar-refractivity contribution in [3.05, 3.63) is 106 Å². The van der Waals surface area contributed by atoms with Gasteiger partial charge < -0.3 is 21.3 Å². The molecule has 2 heterocycles. The van der Waals surface area contributed by atoms with E-state index in [0.717, 1.165) is 33.9 Å². The Bertz CT molecular complexity index is 1380. The number of benzene rings is 4. The molecule has 0 aromatic heterocycles. The zero-order chi connectivity index (χ0) is 23.6. The number of carbonyl (C=O) groups is 1. The van der Waals surface area contributed by atoms with Crippen molar-refractivity contribution < 1.29 is 4.79 Å². The van der Waals surface area contributed by atoms with Crippen molar-refractivity contribution in [1.29, 1.82) is 0 Å². The molecule has 2 aliphatic heterocycles. The zero-order valence-corrected chi connectivity index (χ0v) is 19.3. The molecule has 0 amide bonds. The van der Waals surface area contributed by atoms with E-state index in [9.17, 15) is 4.79 Å². The summed E-state index contributed by atoms with van der Waals surface area (Å²) in [6.07, 6.45) is 1.30. The molecule has 4 N–H and O–H groups in total. The normalized spacial score (nSPS) is 13.6. The third-order valence-corrected chi connectivity index (χ3v) is 7.26. The highest BCUT2D eigenvalue weighted by atomic mass is 16.1. The number of nitrogen functional groups attached to an aromatic ring is 2. The van der Waals surface area contributed by atoms with E-state index in [0.29, 0.717) is 35.3 Å². The number of anilines is 6. The van der Waals surface area contributed by atoms with E-state index >= 15 is 0 Å². The average molecular weight is 447 g/mol. The Kier molecular flexibility index (Phi) is 4.42. The Hall–Kier alpha value is -4.25. The Morgan fingerprint density at radius 1 is 0.618 bits per heavy atom. The first-order valence-electron chi connectivity index (χ1n) is 11.5. The molecule has 0 radical (unpaired) electrons. The van der Waals surface area contributed by atoms with Crippen molar-refractivity contribution in [2.24, 2.45) is 0 Å². The van der Waals surface area contributed by atoms with E-state index in [-0.39, 0.29) is 5.78 Å². The second kappa shape index (κ2) is 7.39. The van der Waals surface area contributed by atoms with Gasteiger partial charge in [-0.05, 0) is 58.7 Å². The van der Waals surface area contributed by atoms with E-state index in [1.165, 1.54) is 11.1 Å². The van der Waals surface area contributed by atoms with Crippen LogP contribution < -0.4 is 21.3 Å². The first kappa shape index (κ1) is 20.4. The van der Waals surface area contributed by atoms with Gasteiger partial charge in [-0.3, -0.25) is 4.79 Å². The summed E-state index contributed by atoms with van der Waals surface area (Å²) in [6.45, 7) is 0. The fraction of sp³-hybridized carbons (Fsp3) is 0.138. The summed E-state index contributed by atoms with van der Waals surface area (Å²) in [6, 6.07) is 24.2. The molecule has 4 aromatic rings. The summed E-state index contributed by atoms with van der Waals surface area (Å²) in [5.41, 5.74) is 23.6. The first-order valence-corrected chi connectivity index (χ1v) is 11.5. The first-order chi connectivity index (χ1) is 16.5. The fourth-order valence-corrected chi connectivity index (χ4v) is 5.57. The molecule has 0 atom stereocenters. The number of ketones is 1. The maximum Gasteiger partial charge on any atom is 0.197 e. The van der Waals surface area contributed by atoms with Crippen LogP contribution in [-0.2, 0) is 12.8 Å². The lowest BCUT2D eigenvalue weighted by Gasteiger charge is -2.33. The topological polar surface area (TPSA) is 75.6 Å². The maximum atomic E-state index is 14.3. The molecule has 0 fully saturated rings. The third-order valence-electron chi connectivity index (χ3n) is 7.26. The van der Waals surface area contributed by atoms with E-state index in [2.05, 4.69) is 34.1 Å². The molecule has 0 aliphatic carbocycles. The second-order valence-electron chi connectivity index (χ2n) is 9.11. The van der Waals surface area contributed by atoms with E-state index in [4.69, 9.17) is 11.5 Å². The molecule has 5 heteroatoms. The lowest BCUT2D eigenvalue weighted by Crippen LogP contribution is -2.24. The van der Waals surface area contributed by atoms with Crippen LogP contribution >= 0.6 is 0 Å². The molecular weight excluding hydrogens is 420 g/mol. The Balaban J connectivity index is 1.53. The molecule has 0 saturated heterocycles. The highest BCUT2D eigenvalue weighted by Gasteiger charge is 2.31. The largest absolute Gasteiger partial charge is 0.398 e. The minimum Gasteiger partial charge on any atom is -0.398 e. The van der Waals surface area contributed by atoms with E-state index < -0.39 is 0 Å². The molecule has 0 bridgehead atoms. The molecule has 0 unspecified atom stereocenters. The molecule has 168 valence electrons. The van der Waals surface area contributed by atoms with Crippen LogP contribution in [-0.4, -0.2) is 19.9 Å². The van der Waals surface area contributed by atoms with E-state index in [1.54, 1.807) is 0 Å². The maximum absolute atomic E-state index is 14.3. The number of nitrogens with two attached hydrogens (primary N) is 2. The summed E-state index contributed by atoms with van der Waals surface area (Å²) >= 11 is 0. The molecule has 4 aromatic carbocycles. The van der Waals surface area contributed by atoms with Gasteiger partial charge in [-0.25, -0.2) is 0 Å². The number of nitrogens with zero attached hydrogens (tertiary/aromatic N) is 2. The predicted molar refractivity (Wildman–Crippen MR) is 140 cm³/mol. The Morgan fingerprint density at radius 2 is 1.03 bits per heavy atom. The number of hydrogen-bond donors (Lipinski definition) is 2. The smallest absolute Gasteiger partial charge is 0.197 e. The van der Waals surface area contributed by atoms with Crippen LogP contribution in [0.15, 0.2) is 72.8 Å². The third kappa shape index (κ3) is 2.83. The van der Waals surface area contributed by atoms with Gasteiger partial charge in [-0.15, -0.1) is 0 Å². The molecule has 0 saturated carbocycles. The molecule has 34 heavy (non-hydrogen) atoms. The highest BCUT2D eigenvalue weighted by Crippen LogP contribution is 2.44. The molecular formula is C29H26N4O. The summed E-state index contributed by atoms with van der Waals surface area (Å²) in [5.74, 6) is -0.107. The van der Waals surface area contributed by atoms with Crippen LogP contribution in [0, 0.1) is 0 Å². The fourth-order valence-electron chi connectivity index (χ4n) is 5.57. The number of fused-ring (bicyclic) bond motifs is 4. The minimum absolute atomic E-state index is 0.107. The standard InChI is InChI=1S/C29H26N4O/c1-32-23-9-5-3-7-17(23)15-19-25(32)13-11-21(30)27(19)29(34)28-20-16-18-8-4-6-10-24(18)33(2)26(20)14-12-22(28)31/h3-14H,15-16,30-31H2,1-2H3. The van der Waals surface area contributed by atoms with Gasteiger partial charge in [0.25, 0.3) is 0 Å². The number of rotatable bonds is 2. The van der Waals surface area contributed by atoms with Crippen LogP contribution in [0.2, 0.25) is 0 Å². The van der Waals surface area contributed by atoms with Gasteiger partial charge in [-0.1, -0.05) is 36.4 Å². The Labute approximate surface area is 199 Å². The van der Waals surface area contributed by atoms with Gasteiger partial charge in [0.05, 0.1) is 11.1 Å². The number of para-hydroxylation sites is 2. The quantitative estimate of drug-likeness (QED) is 0.317. The van der Waals surface area contributed by atoms with Crippen LogP contribution in [0.1, 0.15) is 38.2 Å². The van der Waals surface area contributed by atoms with Crippen molar-refractivity contribution in [3.63, 3.8) is 0 Å². The van der Waals surface area contributed by atoms with Gasteiger partial charge in [0.15, 0.2) is 5.78 Å². The Morgan fingerprint density at radius 3 is 1.47 bits per heavy atom. The molecule has 2 aliphatic rings. The zero-order valence-electron chi connectivity index (χ0n) is 19.3. The van der Waals surface area contributed by atoms with Crippen LogP contribution in [0.3, 0.4) is 0 Å². The molecule has 0 spiro atoms. The van der Waals surface area contributed by atoms with Gasteiger partial charge in [-0.2, -0.15) is 0 Å². The summed E-state index contributed by atoms with van der Waals surface area (Å²) in [7, 11) is 4.07. The number of hydrogen-bond acceptors (Lipinski definition) is 5. The molecule has 5 nitrogen and oxygen atoms in total. The van der Waals surface area contributed by atoms with Crippen molar-refractivity contribution >= 4 is 39.9 Å². The van der Waals surface area contributed by atoms with Gasteiger partial charge >= 0.3 is 0 Å². The van der Waals surface area contributed by atoms with E-state index in [1.807, 2.05) is 62.6 Å². The van der Waals surface area contributed by atoms with Crippen molar-refractivity contribution in [2.45, 2.75) is 12.8 Å². The average Bonchev–Trinajstić information content (AvgIpc) is 2.84. The summed E-state index contributed by atoms with van der Waals surface area (Å²) < 4.78 is 0. The number of carbonyl (C=O) groups excluding carboxylic acids is 1. The minimum atomic E-state index is -0.107. The second-order valence-corrected chi connectivity index (χ2v) is 9.11. The predicted octanol–water partition coefficient (Wildman–Crippen LogP) is 5.43. The van der Waals surface area contributed by atoms with Gasteiger partial charge in [0.1, 0.15) is 0 Å². The lowest BCUT2D eigenvalue weighted by molar-refractivity contribution is 0.103. The van der Waals surface area contributed by atoms with Gasteiger partial charge in [0.2, 0.25) is 0 Å². The van der Waals surface area contributed by atoms with Crippen molar-refractivity contribution in [2.75, 3.05) is 35.4 Å². The lowest BCUT2D eigenvalue weighted by atomic mass is 9.84. The monoisotopic (exact) mass is 446 g/mol. The van der Waals surface area contributed by atoms with Crippen LogP contribution in [0.25, 0.3) is 0 Å². The SMILES string of the molecule is CN1c2ccccc2Cc2c1ccc(N)c2C(=O)c1c(N)ccc2c1Cc1ccccc1N2C. The van der Waals surface area contributed by atoms with Crippen molar-refractivity contribution in [1.82, 2.24) is 0 Å². The molecule has 6 rings (SSSR count). The summed E-state index contributed by atoms with van der Waals surface area (Å²) in [5, 5.41) is 0. The summed E-state index contributed by atoms with van der Waals surface area (Å²) in [4.78, 5) is 18.5. The van der Waals surface area contributed by atoms with Crippen LogP contribution in [0.5, 0.6) is 0 Å². The van der Waals surface area contributed by atoms with Crippen molar-refractivity contribution in [3.8, 4) is 0 Å². The van der Waals surface area contributed by atoms with Crippen LogP contribution in [0.4, 0.5) is 34.1 Å². The van der Waals surface area contributed by atoms with Gasteiger partial charge in [0, 0.05) is 61.1 Å².